The van der Waals surface area contributed by atoms with Gasteiger partial charge in [-0.25, -0.2) is 5.43 Å². The van der Waals surface area contributed by atoms with Gasteiger partial charge in [0.05, 0.1) is 34.8 Å². The van der Waals surface area contributed by atoms with Crippen molar-refractivity contribution in [2.45, 2.75) is 6.04 Å². The van der Waals surface area contributed by atoms with Crippen LogP contribution in [-0.4, -0.2) is 19.1 Å². The van der Waals surface area contributed by atoms with E-state index in [4.69, 9.17) is 0 Å². The van der Waals surface area contributed by atoms with Gasteiger partial charge in [-0.05, 0) is 48.0 Å². The summed E-state index contributed by atoms with van der Waals surface area (Å²) < 4.78 is 0. The molecule has 1 aromatic heterocycles. The van der Waals surface area contributed by atoms with Crippen LogP contribution in [0.15, 0.2) is 79.0 Å². The second kappa shape index (κ2) is 7.55. The number of anilines is 2. The van der Waals surface area contributed by atoms with Crippen LogP contribution in [0.3, 0.4) is 0 Å². The van der Waals surface area contributed by atoms with Gasteiger partial charge in [-0.15, -0.1) is 0 Å². The highest BCUT2D eigenvalue weighted by molar-refractivity contribution is 5.81. The Morgan fingerprint density at radius 2 is 1.86 bits per heavy atom. The molecule has 3 aromatic rings. The van der Waals surface area contributed by atoms with Gasteiger partial charge in [-0.3, -0.25) is 9.99 Å². The molecule has 0 spiro atoms. The van der Waals surface area contributed by atoms with Crippen molar-refractivity contribution in [2.24, 2.45) is 0 Å². The van der Waals surface area contributed by atoms with Crippen LogP contribution < -0.4 is 15.3 Å². The number of pyridine rings is 1. The Morgan fingerprint density at radius 3 is 2.61 bits per heavy atom. The maximum Gasteiger partial charge on any atom is 0.0995 e. The predicted molar refractivity (Wildman–Crippen MR) is 112 cm³/mol. The summed E-state index contributed by atoms with van der Waals surface area (Å²) in [5.74, 6) is 0. The molecule has 0 saturated heterocycles. The number of nitrogens with zero attached hydrogens (tertiary/aromatic N) is 4. The molecule has 0 saturated carbocycles. The lowest BCUT2D eigenvalue weighted by Crippen LogP contribution is -2.33. The van der Waals surface area contributed by atoms with Gasteiger partial charge in [0.15, 0.2) is 0 Å². The molecule has 0 aliphatic carbocycles. The average molecular weight is 367 g/mol. The van der Waals surface area contributed by atoms with Crippen molar-refractivity contribution in [3.05, 3.63) is 95.8 Å². The fraction of sp³-hybridized carbons (Fsp3) is 0.130. The van der Waals surface area contributed by atoms with Gasteiger partial charge in [-0.1, -0.05) is 30.3 Å². The Balaban J connectivity index is 1.79. The smallest absolute Gasteiger partial charge is 0.0995 e. The molecule has 2 aromatic carbocycles. The van der Waals surface area contributed by atoms with Crippen LogP contribution in [-0.2, 0) is 0 Å². The third-order valence-corrected chi connectivity index (χ3v) is 4.78. The van der Waals surface area contributed by atoms with Gasteiger partial charge in [0.1, 0.15) is 0 Å². The monoisotopic (exact) mass is 367 g/mol. The summed E-state index contributed by atoms with van der Waals surface area (Å²) in [5.41, 5.74) is 9.13. The molecular weight excluding hydrogens is 346 g/mol. The quantitative estimate of drug-likeness (QED) is 0.751. The molecule has 0 amide bonds. The summed E-state index contributed by atoms with van der Waals surface area (Å²) in [7, 11) is 4.05. The van der Waals surface area contributed by atoms with Gasteiger partial charge in [0.25, 0.3) is 0 Å². The lowest BCUT2D eigenvalue weighted by molar-refractivity contribution is 0.672. The van der Waals surface area contributed by atoms with Crippen molar-refractivity contribution in [1.82, 2.24) is 10.4 Å². The normalized spacial score (nSPS) is 15.8. The zero-order valence-electron chi connectivity index (χ0n) is 15.9. The van der Waals surface area contributed by atoms with Crippen LogP contribution in [0, 0.1) is 11.3 Å². The molecule has 1 unspecified atom stereocenters. The minimum Gasteiger partial charge on any atom is -0.378 e. The van der Waals surface area contributed by atoms with E-state index in [2.05, 4.69) is 45.7 Å². The van der Waals surface area contributed by atoms with Crippen LogP contribution in [0.1, 0.15) is 22.9 Å². The van der Waals surface area contributed by atoms with E-state index < -0.39 is 0 Å². The van der Waals surface area contributed by atoms with Crippen molar-refractivity contribution in [3.63, 3.8) is 0 Å². The molecule has 0 fully saturated rings. The number of hydrazine groups is 1. The minimum atomic E-state index is -0.115. The molecule has 1 aliphatic heterocycles. The molecular formula is C23H21N5. The highest BCUT2D eigenvalue weighted by Crippen LogP contribution is 2.35. The zero-order valence-corrected chi connectivity index (χ0v) is 15.9. The van der Waals surface area contributed by atoms with E-state index in [-0.39, 0.29) is 6.04 Å². The summed E-state index contributed by atoms with van der Waals surface area (Å²) in [4.78, 5) is 6.61. The first-order valence-corrected chi connectivity index (χ1v) is 9.13. The van der Waals surface area contributed by atoms with Crippen molar-refractivity contribution >= 4 is 17.1 Å². The number of hydrogen-bond donors (Lipinski definition) is 1. The third-order valence-electron chi connectivity index (χ3n) is 4.78. The molecule has 1 atom stereocenters. The van der Waals surface area contributed by atoms with Gasteiger partial charge >= 0.3 is 0 Å². The standard InChI is InChI=1S/C23H21N5/c1-27(2)18-9-7-10-19(14-18)28-23(21-12-5-6-13-25-21)15-22(26-28)20-11-4-3-8-17(20)16-24/h3-15,22,26H,1-2H3. The van der Waals surface area contributed by atoms with Crippen LogP contribution >= 0.6 is 0 Å². The molecule has 2 heterocycles. The summed E-state index contributed by atoms with van der Waals surface area (Å²) in [6.07, 6.45) is 3.92. The van der Waals surface area contributed by atoms with Gasteiger partial charge in [-0.2, -0.15) is 5.26 Å². The summed E-state index contributed by atoms with van der Waals surface area (Å²) >= 11 is 0. The fourth-order valence-electron chi connectivity index (χ4n) is 3.35. The van der Waals surface area contributed by atoms with Crippen molar-refractivity contribution in [1.29, 1.82) is 5.26 Å². The third kappa shape index (κ3) is 3.34. The van der Waals surface area contributed by atoms with E-state index >= 15 is 0 Å². The number of nitriles is 1. The van der Waals surface area contributed by atoms with Crippen molar-refractivity contribution < 1.29 is 0 Å². The first kappa shape index (κ1) is 17.8. The average Bonchev–Trinajstić information content (AvgIpc) is 3.20. The van der Waals surface area contributed by atoms with Gasteiger partial charge in [0.2, 0.25) is 0 Å². The molecule has 1 aliphatic rings. The lowest BCUT2D eigenvalue weighted by Gasteiger charge is -2.25. The van der Waals surface area contributed by atoms with Crippen LogP contribution in [0.4, 0.5) is 11.4 Å². The highest BCUT2D eigenvalue weighted by Gasteiger charge is 2.28. The molecule has 5 nitrogen and oxygen atoms in total. The number of benzene rings is 2. The molecule has 0 bridgehead atoms. The Morgan fingerprint density at radius 1 is 1.04 bits per heavy atom. The van der Waals surface area contributed by atoms with Crippen LogP contribution in [0.5, 0.6) is 0 Å². The van der Waals surface area contributed by atoms with E-state index in [9.17, 15) is 5.26 Å². The second-order valence-corrected chi connectivity index (χ2v) is 6.82. The Bertz CT molecular complexity index is 1050. The molecule has 138 valence electrons. The van der Waals surface area contributed by atoms with Crippen LogP contribution in [0.2, 0.25) is 0 Å². The topological polar surface area (TPSA) is 55.2 Å². The van der Waals surface area contributed by atoms with E-state index in [1.54, 1.807) is 6.20 Å². The second-order valence-electron chi connectivity index (χ2n) is 6.82. The molecule has 1 N–H and O–H groups in total. The van der Waals surface area contributed by atoms with Crippen molar-refractivity contribution in [3.8, 4) is 6.07 Å². The van der Waals surface area contributed by atoms with E-state index in [0.717, 1.165) is 28.3 Å². The SMILES string of the molecule is CN(C)c1cccc(N2NC(c3ccccc3C#N)C=C2c2ccccn2)c1. The van der Waals surface area contributed by atoms with Gasteiger partial charge < -0.3 is 4.90 Å². The number of rotatable bonds is 4. The molecule has 28 heavy (non-hydrogen) atoms. The summed E-state index contributed by atoms with van der Waals surface area (Å²) in [6.45, 7) is 0. The van der Waals surface area contributed by atoms with Crippen LogP contribution in [0.25, 0.3) is 5.70 Å². The highest BCUT2D eigenvalue weighted by atomic mass is 15.5. The number of aromatic nitrogens is 1. The van der Waals surface area contributed by atoms with E-state index in [1.807, 2.05) is 67.6 Å². The maximum absolute atomic E-state index is 9.51. The molecule has 4 rings (SSSR count). The first-order valence-electron chi connectivity index (χ1n) is 9.13. The number of nitrogens with one attached hydrogen (secondary N) is 1. The summed E-state index contributed by atoms with van der Waals surface area (Å²) in [5, 5.41) is 11.6. The number of hydrogen-bond acceptors (Lipinski definition) is 5. The van der Waals surface area contributed by atoms with Crippen molar-refractivity contribution in [2.75, 3.05) is 24.0 Å². The van der Waals surface area contributed by atoms with E-state index in [0.29, 0.717) is 5.56 Å². The summed E-state index contributed by atoms with van der Waals surface area (Å²) in [6, 6.07) is 24.1. The Kier molecular flexibility index (Phi) is 4.79. The molecule has 0 radical (unpaired) electrons. The Hall–Kier alpha value is -3.62. The van der Waals surface area contributed by atoms with E-state index in [1.165, 1.54) is 0 Å². The largest absolute Gasteiger partial charge is 0.378 e. The molecule has 5 heteroatoms. The minimum absolute atomic E-state index is 0.115. The fourth-order valence-corrected chi connectivity index (χ4v) is 3.35. The maximum atomic E-state index is 9.51. The zero-order chi connectivity index (χ0) is 19.5. The predicted octanol–water partition coefficient (Wildman–Crippen LogP) is 4.13. The van der Waals surface area contributed by atoms with Gasteiger partial charge in [0, 0.05) is 26.0 Å². The first-order chi connectivity index (χ1) is 13.7. The lowest BCUT2D eigenvalue weighted by atomic mass is 10.0. The Labute approximate surface area is 165 Å².